The highest BCUT2D eigenvalue weighted by molar-refractivity contribution is 7.89. The molecular formula is C32H42N6O6S. The van der Waals surface area contributed by atoms with Crippen LogP contribution in [0, 0.1) is 12.8 Å². The predicted molar refractivity (Wildman–Crippen MR) is 169 cm³/mol. The molecule has 2 amide bonds. The third-order valence-electron chi connectivity index (χ3n) is 9.83. The molecule has 1 aromatic carbocycles. The Balaban J connectivity index is 1.20. The molecule has 2 aromatic rings. The van der Waals surface area contributed by atoms with Gasteiger partial charge in [-0.2, -0.15) is 5.10 Å². The highest BCUT2D eigenvalue weighted by atomic mass is 32.2. The second-order valence-electron chi connectivity index (χ2n) is 13.6. The van der Waals surface area contributed by atoms with Crippen LogP contribution in [0.25, 0.3) is 5.69 Å². The lowest BCUT2D eigenvalue weighted by molar-refractivity contribution is -0.132. The van der Waals surface area contributed by atoms with E-state index in [4.69, 9.17) is 10.8 Å². The molecule has 2 aliphatic carbocycles. The summed E-state index contributed by atoms with van der Waals surface area (Å²) < 4.78 is 30.0. The number of nitrogens with zero attached hydrogens (tertiary/aromatic N) is 4. The molecule has 6 rings (SSSR count). The monoisotopic (exact) mass is 638 g/mol. The summed E-state index contributed by atoms with van der Waals surface area (Å²) >= 11 is 0. The van der Waals surface area contributed by atoms with Gasteiger partial charge >= 0.3 is 5.97 Å². The second kappa shape index (κ2) is 11.6. The molecule has 2 fully saturated rings. The first kappa shape index (κ1) is 31.3. The van der Waals surface area contributed by atoms with Gasteiger partial charge in [-0.3, -0.25) is 9.59 Å². The first-order valence-electron chi connectivity index (χ1n) is 15.8. The molecule has 0 bridgehead atoms. The Morgan fingerprint density at radius 2 is 1.84 bits per heavy atom. The Labute approximate surface area is 263 Å². The highest BCUT2D eigenvalue weighted by Gasteiger charge is 2.44. The van der Waals surface area contributed by atoms with Gasteiger partial charge in [0, 0.05) is 48.9 Å². The maximum absolute atomic E-state index is 13.7. The number of carbonyl (C=O) groups excluding carboxylic acids is 2. The van der Waals surface area contributed by atoms with Crippen LogP contribution < -0.4 is 11.1 Å². The van der Waals surface area contributed by atoms with E-state index >= 15 is 0 Å². The molecule has 1 atom stereocenters. The van der Waals surface area contributed by atoms with E-state index in [2.05, 4.69) is 19.2 Å². The van der Waals surface area contributed by atoms with Crippen LogP contribution in [0.1, 0.15) is 90.9 Å². The SMILES string of the molecule is Cc1nn(-c2ccc(C(N)=O)c(NC3CCN(S(=O)(=O)C4CC=C(C(=O)O)CC4)CC3)c2)c2c1C(=O)N(CC1CC1)C(C)(C)C2. The number of hydrogen-bond donors (Lipinski definition) is 3. The van der Waals surface area contributed by atoms with E-state index in [1.807, 2.05) is 17.9 Å². The smallest absolute Gasteiger partial charge is 0.331 e. The Hall–Kier alpha value is -3.71. The zero-order valence-corrected chi connectivity index (χ0v) is 26.9. The van der Waals surface area contributed by atoms with Crippen molar-refractivity contribution in [3.63, 3.8) is 0 Å². The van der Waals surface area contributed by atoms with Gasteiger partial charge in [0.15, 0.2) is 0 Å². The number of aryl methyl sites for hydroxylation is 1. The lowest BCUT2D eigenvalue weighted by Gasteiger charge is -2.42. The Kier molecular flexibility index (Phi) is 8.05. The number of hydrogen-bond acceptors (Lipinski definition) is 7. The number of carboxylic acids is 1. The quantitative estimate of drug-likeness (QED) is 0.376. The van der Waals surface area contributed by atoms with Crippen LogP contribution in [0.4, 0.5) is 5.69 Å². The van der Waals surface area contributed by atoms with Gasteiger partial charge in [0.25, 0.3) is 11.8 Å². The molecule has 3 heterocycles. The first-order chi connectivity index (χ1) is 21.3. The molecule has 45 heavy (non-hydrogen) atoms. The number of aliphatic carboxylic acids is 1. The summed E-state index contributed by atoms with van der Waals surface area (Å²) in [5.41, 5.74) is 9.37. The van der Waals surface area contributed by atoms with Crippen LogP contribution in [0.3, 0.4) is 0 Å². The minimum absolute atomic E-state index is 0.0114. The van der Waals surface area contributed by atoms with E-state index in [0.29, 0.717) is 72.9 Å². The normalized spacial score (nSPS) is 22.6. The fraction of sp³-hybridized carbons (Fsp3) is 0.562. The van der Waals surface area contributed by atoms with E-state index < -0.39 is 27.1 Å². The number of aromatic nitrogens is 2. The van der Waals surface area contributed by atoms with Gasteiger partial charge in [-0.05, 0) is 89.8 Å². The van der Waals surface area contributed by atoms with Gasteiger partial charge in [0.1, 0.15) is 0 Å². The van der Waals surface area contributed by atoms with Crippen molar-refractivity contribution in [1.29, 1.82) is 0 Å². The standard InChI is InChI=1S/C32H42N6O6S/c1-19-28-27(17-32(2,3)37(30(28)40)18-20-4-5-20)38(35-19)23-8-11-25(29(33)39)26(16-23)34-22-12-14-36(15-13-22)45(43,44)24-9-6-21(7-10-24)31(41)42/h6,8,11,16,20,22,24,34H,4-5,7,9-10,12-15,17-18H2,1-3H3,(H2,33,39)(H,41,42). The van der Waals surface area contributed by atoms with E-state index in [1.54, 1.807) is 16.8 Å². The number of carbonyl (C=O) groups is 3. The number of nitrogens with two attached hydrogens (primary N) is 1. The van der Waals surface area contributed by atoms with E-state index in [9.17, 15) is 27.9 Å². The second-order valence-corrected chi connectivity index (χ2v) is 15.8. The summed E-state index contributed by atoms with van der Waals surface area (Å²) in [6.07, 6.45) is 6.29. The molecular weight excluding hydrogens is 596 g/mol. The van der Waals surface area contributed by atoms with Crippen LogP contribution >= 0.6 is 0 Å². The summed E-state index contributed by atoms with van der Waals surface area (Å²) in [4.78, 5) is 39.3. The molecule has 1 saturated heterocycles. The van der Waals surface area contributed by atoms with Gasteiger partial charge in [0.2, 0.25) is 10.0 Å². The average Bonchev–Trinajstić information content (AvgIpc) is 3.76. The van der Waals surface area contributed by atoms with Crippen LogP contribution in [-0.4, -0.2) is 86.8 Å². The average molecular weight is 639 g/mol. The number of fused-ring (bicyclic) bond motifs is 1. The van der Waals surface area contributed by atoms with Crippen LogP contribution in [0.15, 0.2) is 29.8 Å². The topological polar surface area (TPSA) is 168 Å². The summed E-state index contributed by atoms with van der Waals surface area (Å²) in [7, 11) is -3.57. The van der Waals surface area contributed by atoms with Crippen molar-refractivity contribution in [2.75, 3.05) is 25.0 Å². The fourth-order valence-corrected chi connectivity index (χ4v) is 8.89. The number of amides is 2. The Bertz CT molecular complexity index is 1680. The van der Waals surface area contributed by atoms with Crippen LogP contribution in [0.2, 0.25) is 0 Å². The van der Waals surface area contributed by atoms with E-state index in [1.165, 1.54) is 10.4 Å². The Morgan fingerprint density at radius 1 is 1.13 bits per heavy atom. The molecule has 0 spiro atoms. The number of anilines is 1. The number of benzene rings is 1. The van der Waals surface area contributed by atoms with Crippen molar-refractivity contribution in [2.45, 2.75) is 89.0 Å². The van der Waals surface area contributed by atoms with E-state index in [0.717, 1.165) is 25.1 Å². The van der Waals surface area contributed by atoms with Crippen molar-refractivity contribution < 1.29 is 27.9 Å². The fourth-order valence-electron chi connectivity index (χ4n) is 6.99. The largest absolute Gasteiger partial charge is 0.478 e. The molecule has 1 unspecified atom stereocenters. The van der Waals surface area contributed by atoms with Crippen molar-refractivity contribution in [2.24, 2.45) is 11.7 Å². The molecule has 1 saturated carbocycles. The number of piperidine rings is 1. The molecule has 13 heteroatoms. The third-order valence-corrected chi connectivity index (χ3v) is 12.2. The summed E-state index contributed by atoms with van der Waals surface area (Å²) in [6, 6.07) is 5.19. The first-order valence-corrected chi connectivity index (χ1v) is 17.3. The molecule has 242 valence electrons. The molecule has 0 radical (unpaired) electrons. The third kappa shape index (κ3) is 5.99. The van der Waals surface area contributed by atoms with Gasteiger partial charge in [-0.25, -0.2) is 22.2 Å². The minimum atomic E-state index is -3.57. The number of primary amides is 1. The predicted octanol–water partition coefficient (Wildman–Crippen LogP) is 3.24. The zero-order valence-electron chi connectivity index (χ0n) is 26.1. The number of nitrogens with one attached hydrogen (secondary N) is 1. The van der Waals surface area contributed by atoms with Crippen molar-refractivity contribution in [3.8, 4) is 5.69 Å². The lowest BCUT2D eigenvalue weighted by atomic mass is 9.87. The van der Waals surface area contributed by atoms with Crippen molar-refractivity contribution in [3.05, 3.63) is 52.4 Å². The van der Waals surface area contributed by atoms with E-state index in [-0.39, 0.29) is 35.9 Å². The van der Waals surface area contributed by atoms with Crippen molar-refractivity contribution in [1.82, 2.24) is 19.0 Å². The van der Waals surface area contributed by atoms with Gasteiger partial charge < -0.3 is 21.1 Å². The van der Waals surface area contributed by atoms with Crippen LogP contribution in [0.5, 0.6) is 0 Å². The van der Waals surface area contributed by atoms with Crippen LogP contribution in [-0.2, 0) is 21.2 Å². The molecule has 2 aliphatic heterocycles. The summed E-state index contributed by atoms with van der Waals surface area (Å²) in [5, 5.41) is 16.8. The molecule has 4 N–H and O–H groups in total. The number of carboxylic acid groups (broad SMARTS) is 1. The highest BCUT2D eigenvalue weighted by Crippen LogP contribution is 2.39. The number of sulfonamides is 1. The lowest BCUT2D eigenvalue weighted by Crippen LogP contribution is -2.53. The van der Waals surface area contributed by atoms with Gasteiger partial charge in [0.05, 0.1) is 33.5 Å². The molecule has 12 nitrogen and oxygen atoms in total. The maximum atomic E-state index is 13.7. The summed E-state index contributed by atoms with van der Waals surface area (Å²) in [6.45, 7) is 7.44. The zero-order chi connectivity index (χ0) is 32.3. The molecule has 1 aromatic heterocycles. The maximum Gasteiger partial charge on any atom is 0.331 e. The van der Waals surface area contributed by atoms with Crippen molar-refractivity contribution >= 4 is 33.5 Å². The summed E-state index contributed by atoms with van der Waals surface area (Å²) in [5.74, 6) is -0.991. The minimum Gasteiger partial charge on any atom is -0.478 e. The number of allylic oxidation sites excluding steroid dienone is 1. The van der Waals surface area contributed by atoms with Gasteiger partial charge in [-0.1, -0.05) is 6.08 Å². The molecule has 4 aliphatic rings. The van der Waals surface area contributed by atoms with Gasteiger partial charge in [-0.15, -0.1) is 0 Å². The Morgan fingerprint density at radius 3 is 2.44 bits per heavy atom. The number of rotatable bonds is 9.